The quantitative estimate of drug-likeness (QED) is 0.872. The van der Waals surface area contributed by atoms with Crippen molar-refractivity contribution in [3.63, 3.8) is 0 Å². The first-order chi connectivity index (χ1) is 9.56. The minimum Gasteiger partial charge on any atom is -0.481 e. The zero-order valence-electron chi connectivity index (χ0n) is 10.5. The molecule has 0 radical (unpaired) electrons. The molecule has 2 rings (SSSR count). The Labute approximate surface area is 127 Å². The van der Waals surface area contributed by atoms with Crippen LogP contribution in [-0.4, -0.2) is 11.1 Å². The van der Waals surface area contributed by atoms with Gasteiger partial charge in [-0.1, -0.05) is 53.5 Å². The fourth-order valence-electron chi connectivity index (χ4n) is 1.85. The highest BCUT2D eigenvalue weighted by atomic mass is 35.5. The van der Waals surface area contributed by atoms with Gasteiger partial charge in [-0.3, -0.25) is 4.79 Å². The fourth-order valence-corrected chi connectivity index (χ4v) is 2.10. The number of carbonyl (C=O) groups is 1. The molecule has 102 valence electrons. The van der Waals surface area contributed by atoms with E-state index in [4.69, 9.17) is 28.3 Å². The molecule has 2 nitrogen and oxygen atoms in total. The van der Waals surface area contributed by atoms with Crippen LogP contribution >= 0.6 is 23.2 Å². The maximum Gasteiger partial charge on any atom is 0.307 e. The van der Waals surface area contributed by atoms with Crippen LogP contribution in [0.15, 0.2) is 54.6 Å². The molecule has 0 fully saturated rings. The van der Waals surface area contributed by atoms with Gasteiger partial charge in [0.1, 0.15) is 0 Å². The van der Waals surface area contributed by atoms with E-state index in [1.165, 1.54) is 0 Å². The van der Waals surface area contributed by atoms with Crippen LogP contribution in [0, 0.1) is 0 Å². The van der Waals surface area contributed by atoms with Crippen molar-refractivity contribution in [3.8, 4) is 0 Å². The molecule has 0 aromatic heterocycles. The molecule has 0 aliphatic heterocycles. The molecule has 0 aliphatic carbocycles. The third kappa shape index (κ3) is 3.86. The largest absolute Gasteiger partial charge is 0.481 e. The summed E-state index contributed by atoms with van der Waals surface area (Å²) in [6, 6.07) is 14.6. The lowest BCUT2D eigenvalue weighted by Crippen LogP contribution is -1.94. The number of aliphatic carboxylic acids is 1. The van der Waals surface area contributed by atoms with Gasteiger partial charge in [0.25, 0.3) is 0 Å². The number of benzene rings is 2. The molecule has 0 amide bonds. The zero-order valence-corrected chi connectivity index (χ0v) is 12.0. The SMILES string of the molecule is O=C(O)CC=C(c1ccc(Cl)cc1)c1ccc(Cl)cc1. The van der Waals surface area contributed by atoms with Crippen LogP contribution in [0.1, 0.15) is 17.5 Å². The van der Waals surface area contributed by atoms with Crippen molar-refractivity contribution < 1.29 is 9.90 Å². The topological polar surface area (TPSA) is 37.3 Å². The Morgan fingerprint density at radius 1 is 0.900 bits per heavy atom. The first-order valence-electron chi connectivity index (χ1n) is 6.00. The third-order valence-corrected chi connectivity index (χ3v) is 3.30. The Hall–Kier alpha value is -1.77. The van der Waals surface area contributed by atoms with Gasteiger partial charge in [0, 0.05) is 10.0 Å². The van der Waals surface area contributed by atoms with Crippen LogP contribution in [0.25, 0.3) is 5.57 Å². The molecule has 0 bridgehead atoms. The Balaban J connectivity index is 2.44. The molecule has 0 aliphatic rings. The van der Waals surface area contributed by atoms with Crippen molar-refractivity contribution >= 4 is 34.7 Å². The van der Waals surface area contributed by atoms with Gasteiger partial charge < -0.3 is 5.11 Å². The van der Waals surface area contributed by atoms with Crippen molar-refractivity contribution in [2.24, 2.45) is 0 Å². The summed E-state index contributed by atoms with van der Waals surface area (Å²) in [5.41, 5.74) is 2.68. The number of hydrogen-bond acceptors (Lipinski definition) is 1. The van der Waals surface area contributed by atoms with Gasteiger partial charge in [-0.05, 0) is 41.0 Å². The first-order valence-corrected chi connectivity index (χ1v) is 6.75. The van der Waals surface area contributed by atoms with Crippen LogP contribution < -0.4 is 0 Å². The second-order valence-electron chi connectivity index (χ2n) is 4.23. The Morgan fingerprint density at radius 3 is 1.65 bits per heavy atom. The van der Waals surface area contributed by atoms with E-state index < -0.39 is 5.97 Å². The maximum absolute atomic E-state index is 10.8. The number of carboxylic acid groups (broad SMARTS) is 1. The van der Waals surface area contributed by atoms with Gasteiger partial charge in [-0.2, -0.15) is 0 Å². The van der Waals surface area contributed by atoms with Gasteiger partial charge in [0.05, 0.1) is 6.42 Å². The predicted octanol–water partition coefficient (Wildman–Crippen LogP) is 4.90. The van der Waals surface area contributed by atoms with Crippen molar-refractivity contribution in [1.29, 1.82) is 0 Å². The monoisotopic (exact) mass is 306 g/mol. The maximum atomic E-state index is 10.8. The van der Waals surface area contributed by atoms with Crippen molar-refractivity contribution in [1.82, 2.24) is 0 Å². The molecule has 2 aromatic rings. The van der Waals surface area contributed by atoms with E-state index in [1.54, 1.807) is 30.3 Å². The Bertz CT molecular complexity index is 581. The number of halogens is 2. The summed E-state index contributed by atoms with van der Waals surface area (Å²) in [7, 11) is 0. The zero-order chi connectivity index (χ0) is 14.5. The Kier molecular flexibility index (Phi) is 4.83. The van der Waals surface area contributed by atoms with E-state index in [0.717, 1.165) is 16.7 Å². The Morgan fingerprint density at radius 2 is 1.30 bits per heavy atom. The third-order valence-electron chi connectivity index (χ3n) is 2.79. The van der Waals surface area contributed by atoms with E-state index >= 15 is 0 Å². The van der Waals surface area contributed by atoms with E-state index in [0.29, 0.717) is 10.0 Å². The summed E-state index contributed by atoms with van der Waals surface area (Å²) in [4.78, 5) is 10.8. The van der Waals surface area contributed by atoms with E-state index in [9.17, 15) is 4.79 Å². The number of rotatable bonds is 4. The number of carboxylic acids is 1. The smallest absolute Gasteiger partial charge is 0.307 e. The van der Waals surface area contributed by atoms with Gasteiger partial charge >= 0.3 is 5.97 Å². The van der Waals surface area contributed by atoms with Crippen molar-refractivity contribution in [2.45, 2.75) is 6.42 Å². The lowest BCUT2D eigenvalue weighted by molar-refractivity contribution is -0.135. The molecule has 0 saturated heterocycles. The predicted molar refractivity (Wildman–Crippen MR) is 82.2 cm³/mol. The van der Waals surface area contributed by atoms with E-state index in [1.807, 2.05) is 24.3 Å². The van der Waals surface area contributed by atoms with Crippen molar-refractivity contribution in [3.05, 3.63) is 75.8 Å². The molecular weight excluding hydrogens is 295 g/mol. The molecule has 0 heterocycles. The highest BCUT2D eigenvalue weighted by molar-refractivity contribution is 6.31. The summed E-state index contributed by atoms with van der Waals surface area (Å²) in [5, 5.41) is 10.1. The molecule has 1 N–H and O–H groups in total. The summed E-state index contributed by atoms with van der Waals surface area (Å²) in [6.45, 7) is 0. The van der Waals surface area contributed by atoms with Crippen LogP contribution in [0.4, 0.5) is 0 Å². The highest BCUT2D eigenvalue weighted by Gasteiger charge is 2.06. The minimum atomic E-state index is -0.870. The fraction of sp³-hybridized carbons (Fsp3) is 0.0625. The summed E-state index contributed by atoms with van der Waals surface area (Å²) >= 11 is 11.8. The van der Waals surface area contributed by atoms with Crippen LogP contribution in [0.3, 0.4) is 0 Å². The molecule has 0 unspecified atom stereocenters. The normalized spacial score (nSPS) is 10.1. The molecule has 0 saturated carbocycles. The lowest BCUT2D eigenvalue weighted by atomic mass is 9.97. The second-order valence-corrected chi connectivity index (χ2v) is 5.10. The van der Waals surface area contributed by atoms with Gasteiger partial charge in [-0.25, -0.2) is 0 Å². The van der Waals surface area contributed by atoms with Gasteiger partial charge in [0.2, 0.25) is 0 Å². The summed E-state index contributed by atoms with van der Waals surface area (Å²) in [6.07, 6.45) is 1.65. The van der Waals surface area contributed by atoms with Crippen molar-refractivity contribution in [2.75, 3.05) is 0 Å². The van der Waals surface area contributed by atoms with E-state index in [-0.39, 0.29) is 6.42 Å². The average Bonchev–Trinajstić information content (AvgIpc) is 2.42. The second kappa shape index (κ2) is 6.60. The average molecular weight is 307 g/mol. The summed E-state index contributed by atoms with van der Waals surface area (Å²) < 4.78 is 0. The number of hydrogen-bond donors (Lipinski definition) is 1. The van der Waals surface area contributed by atoms with E-state index in [2.05, 4.69) is 0 Å². The highest BCUT2D eigenvalue weighted by Crippen LogP contribution is 2.26. The lowest BCUT2D eigenvalue weighted by Gasteiger charge is -2.09. The molecule has 4 heteroatoms. The van der Waals surface area contributed by atoms with Crippen LogP contribution in [0.5, 0.6) is 0 Å². The molecule has 2 aromatic carbocycles. The van der Waals surface area contributed by atoms with Crippen LogP contribution in [-0.2, 0) is 4.79 Å². The van der Waals surface area contributed by atoms with Crippen LogP contribution in [0.2, 0.25) is 10.0 Å². The molecule has 0 spiro atoms. The first kappa shape index (κ1) is 14.6. The van der Waals surface area contributed by atoms with Gasteiger partial charge in [0.15, 0.2) is 0 Å². The summed E-state index contributed by atoms with van der Waals surface area (Å²) in [5.74, 6) is -0.870. The molecule has 20 heavy (non-hydrogen) atoms. The van der Waals surface area contributed by atoms with Gasteiger partial charge in [-0.15, -0.1) is 0 Å². The standard InChI is InChI=1S/C16H12Cl2O2/c17-13-5-1-11(2-6-13)15(9-10-16(19)20)12-3-7-14(18)8-4-12/h1-9H,10H2,(H,19,20). The molecule has 0 atom stereocenters. The molecular formula is C16H12Cl2O2. The minimum absolute atomic E-state index is 0.0411.